The maximum absolute atomic E-state index is 5.35. The molecule has 6 nitrogen and oxygen atoms in total. The number of benzene rings is 7. The Hall–Kier alpha value is -7.57. The minimum absolute atomic E-state index is 0.648. The van der Waals surface area contributed by atoms with Crippen LogP contribution >= 0.6 is 0 Å². The van der Waals surface area contributed by atoms with Crippen molar-refractivity contribution in [1.82, 2.24) is 28.7 Å². The first-order valence-electron chi connectivity index (χ1n) is 18.5. The van der Waals surface area contributed by atoms with Crippen molar-refractivity contribution in [1.29, 1.82) is 0 Å². The average molecular weight is 703 g/mol. The van der Waals surface area contributed by atoms with E-state index >= 15 is 0 Å². The summed E-state index contributed by atoms with van der Waals surface area (Å²) in [5.74, 6) is 0.648. The molecule has 5 heterocycles. The lowest BCUT2D eigenvalue weighted by molar-refractivity contribution is 1.01. The molecule has 0 fully saturated rings. The Labute approximate surface area is 314 Å². The summed E-state index contributed by atoms with van der Waals surface area (Å²) in [4.78, 5) is 15.1. The smallest absolute Gasteiger partial charge is 0.235 e. The van der Waals surface area contributed by atoms with Crippen LogP contribution in [0.15, 0.2) is 182 Å². The van der Waals surface area contributed by atoms with E-state index in [0.29, 0.717) is 5.95 Å². The van der Waals surface area contributed by atoms with E-state index in [-0.39, 0.29) is 0 Å². The van der Waals surface area contributed by atoms with Crippen molar-refractivity contribution in [2.75, 3.05) is 0 Å². The van der Waals surface area contributed by atoms with Crippen LogP contribution in [-0.2, 0) is 0 Å². The van der Waals surface area contributed by atoms with Gasteiger partial charge in [0.05, 0.1) is 50.5 Å². The molecule has 12 aromatic rings. The second kappa shape index (κ2) is 11.5. The molecule has 5 aromatic heterocycles. The largest absolute Gasteiger partial charge is 0.309 e. The summed E-state index contributed by atoms with van der Waals surface area (Å²) in [6.07, 6.45) is 3.86. The van der Waals surface area contributed by atoms with Gasteiger partial charge in [-0.2, -0.15) is 0 Å². The summed E-state index contributed by atoms with van der Waals surface area (Å²) in [7, 11) is 0. The van der Waals surface area contributed by atoms with Gasteiger partial charge in [-0.25, -0.2) is 9.97 Å². The van der Waals surface area contributed by atoms with Crippen LogP contribution in [0.1, 0.15) is 0 Å². The molecule has 0 aliphatic rings. The summed E-state index contributed by atoms with van der Waals surface area (Å²) >= 11 is 0. The summed E-state index contributed by atoms with van der Waals surface area (Å²) < 4.78 is 7.01. The standard InChI is InChI=1S/C49H30N6/c1-3-13-31(14-4-1)47-37-18-7-10-20-40(37)51-49(52-47)55-42-22-12-9-19-38(42)46-44(55)26-24-36-34-17-8-11-21-41(34)54(48(36)46)33-23-25-43-39(29-33)35-27-28-50-30-45(35)53(43)32-15-5-2-6-16-32/h1-30H. The summed E-state index contributed by atoms with van der Waals surface area (Å²) in [5.41, 5.74) is 11.7. The fraction of sp³-hybridized carbons (Fsp3) is 0. The molecular weight excluding hydrogens is 673 g/mol. The molecule has 0 N–H and O–H groups in total. The Morgan fingerprint density at radius 1 is 0.382 bits per heavy atom. The number of aromatic nitrogens is 6. The van der Waals surface area contributed by atoms with Gasteiger partial charge in [0.2, 0.25) is 5.95 Å². The number of pyridine rings is 1. The summed E-state index contributed by atoms with van der Waals surface area (Å²) in [6.45, 7) is 0. The van der Waals surface area contributed by atoms with Crippen molar-refractivity contribution in [3.63, 3.8) is 0 Å². The van der Waals surface area contributed by atoms with Crippen LogP contribution in [0.2, 0.25) is 0 Å². The lowest BCUT2D eigenvalue weighted by Gasteiger charge is -2.12. The topological polar surface area (TPSA) is 53.5 Å². The minimum atomic E-state index is 0.648. The predicted molar refractivity (Wildman–Crippen MR) is 226 cm³/mol. The molecule has 0 amide bonds. The van der Waals surface area contributed by atoms with Gasteiger partial charge in [-0.3, -0.25) is 9.55 Å². The van der Waals surface area contributed by atoms with Gasteiger partial charge in [-0.05, 0) is 60.7 Å². The molecule has 0 saturated carbocycles. The molecule has 0 bridgehead atoms. The highest BCUT2D eigenvalue weighted by molar-refractivity contribution is 6.26. The number of hydrogen-bond acceptors (Lipinski definition) is 3. The van der Waals surface area contributed by atoms with E-state index in [4.69, 9.17) is 9.97 Å². The third kappa shape index (κ3) is 4.27. The molecule has 12 rings (SSSR count). The molecule has 256 valence electrons. The molecule has 0 atom stereocenters. The quantitative estimate of drug-likeness (QED) is 0.183. The number of fused-ring (bicyclic) bond motifs is 11. The fourth-order valence-corrected chi connectivity index (χ4v) is 8.82. The van der Waals surface area contributed by atoms with Crippen molar-refractivity contribution in [3.05, 3.63) is 182 Å². The first-order chi connectivity index (χ1) is 27.3. The Morgan fingerprint density at radius 3 is 1.87 bits per heavy atom. The monoisotopic (exact) mass is 702 g/mol. The van der Waals surface area contributed by atoms with Crippen molar-refractivity contribution in [3.8, 4) is 28.6 Å². The summed E-state index contributed by atoms with van der Waals surface area (Å²) in [6, 6.07) is 60.2. The molecule has 0 radical (unpaired) electrons. The zero-order chi connectivity index (χ0) is 36.0. The molecule has 0 aliphatic heterocycles. The molecule has 0 spiro atoms. The van der Waals surface area contributed by atoms with Gasteiger partial charge in [0.1, 0.15) is 0 Å². The van der Waals surface area contributed by atoms with Crippen molar-refractivity contribution in [2.45, 2.75) is 0 Å². The number of nitrogens with zero attached hydrogens (tertiary/aromatic N) is 6. The Morgan fingerprint density at radius 2 is 1.04 bits per heavy atom. The van der Waals surface area contributed by atoms with Crippen LogP contribution < -0.4 is 0 Å². The van der Waals surface area contributed by atoms with Gasteiger partial charge < -0.3 is 9.13 Å². The molecule has 6 heteroatoms. The third-order valence-corrected chi connectivity index (χ3v) is 11.1. The van der Waals surface area contributed by atoms with Gasteiger partial charge in [-0.1, -0.05) is 109 Å². The first kappa shape index (κ1) is 29.9. The van der Waals surface area contributed by atoms with Gasteiger partial charge in [0, 0.05) is 60.8 Å². The van der Waals surface area contributed by atoms with Crippen molar-refractivity contribution in [2.24, 2.45) is 0 Å². The van der Waals surface area contributed by atoms with Gasteiger partial charge >= 0.3 is 0 Å². The molecule has 0 unspecified atom stereocenters. The van der Waals surface area contributed by atoms with E-state index in [1.807, 2.05) is 24.5 Å². The highest BCUT2D eigenvalue weighted by Gasteiger charge is 2.23. The number of para-hydroxylation sites is 4. The van der Waals surface area contributed by atoms with E-state index in [1.54, 1.807) is 0 Å². The van der Waals surface area contributed by atoms with Gasteiger partial charge in [0.25, 0.3) is 0 Å². The highest BCUT2D eigenvalue weighted by atomic mass is 15.2. The van der Waals surface area contributed by atoms with Crippen molar-refractivity contribution >= 4 is 76.3 Å². The van der Waals surface area contributed by atoms with Crippen LogP contribution in [0, 0.1) is 0 Å². The van der Waals surface area contributed by atoms with Crippen LogP contribution in [0.3, 0.4) is 0 Å². The number of rotatable bonds is 4. The molecule has 0 saturated heterocycles. The van der Waals surface area contributed by atoms with Crippen LogP contribution in [0.5, 0.6) is 0 Å². The lowest BCUT2D eigenvalue weighted by atomic mass is 10.1. The van der Waals surface area contributed by atoms with Crippen LogP contribution in [0.4, 0.5) is 0 Å². The summed E-state index contributed by atoms with van der Waals surface area (Å²) in [5, 5.41) is 8.10. The molecule has 7 aromatic carbocycles. The predicted octanol–water partition coefficient (Wildman–Crippen LogP) is 12.0. The molecule has 55 heavy (non-hydrogen) atoms. The van der Waals surface area contributed by atoms with E-state index in [0.717, 1.165) is 72.0 Å². The van der Waals surface area contributed by atoms with E-state index in [1.165, 1.54) is 26.9 Å². The molecular formula is C49H30N6. The minimum Gasteiger partial charge on any atom is -0.309 e. The zero-order valence-electron chi connectivity index (χ0n) is 29.5. The maximum Gasteiger partial charge on any atom is 0.235 e. The van der Waals surface area contributed by atoms with Gasteiger partial charge in [0.15, 0.2) is 0 Å². The van der Waals surface area contributed by atoms with E-state index in [2.05, 4.69) is 176 Å². The zero-order valence-corrected chi connectivity index (χ0v) is 29.5. The SMILES string of the molecule is c1ccc(-c2nc(-n3c4ccccc4c4c3ccc3c5ccccc5n(-c5ccc6c(c5)c5ccncc5n6-c5ccccc5)c34)nc3ccccc23)cc1. The number of hydrogen-bond donors (Lipinski definition) is 0. The first-order valence-corrected chi connectivity index (χ1v) is 18.5. The highest BCUT2D eigenvalue weighted by Crippen LogP contribution is 2.43. The fourth-order valence-electron chi connectivity index (χ4n) is 8.82. The lowest BCUT2D eigenvalue weighted by Crippen LogP contribution is -2.03. The second-order valence-corrected chi connectivity index (χ2v) is 14.1. The molecule has 0 aliphatic carbocycles. The maximum atomic E-state index is 5.35. The van der Waals surface area contributed by atoms with Gasteiger partial charge in [-0.15, -0.1) is 0 Å². The van der Waals surface area contributed by atoms with Crippen LogP contribution in [-0.4, -0.2) is 28.7 Å². The normalized spacial score (nSPS) is 12.0. The van der Waals surface area contributed by atoms with E-state index in [9.17, 15) is 0 Å². The van der Waals surface area contributed by atoms with Crippen molar-refractivity contribution < 1.29 is 0 Å². The second-order valence-electron chi connectivity index (χ2n) is 14.1. The average Bonchev–Trinajstić information content (AvgIpc) is 3.89. The third-order valence-electron chi connectivity index (χ3n) is 11.1. The van der Waals surface area contributed by atoms with E-state index < -0.39 is 0 Å². The van der Waals surface area contributed by atoms with Crippen LogP contribution in [0.25, 0.3) is 105 Å². The Kier molecular flexibility index (Phi) is 6.24. The Bertz CT molecular complexity index is 3480. The Balaban J connectivity index is 1.19.